The Morgan fingerprint density at radius 1 is 1.42 bits per heavy atom. The molecule has 0 aliphatic rings. The molecule has 1 aromatic heterocycles. The monoisotopic (exact) mass is 260 g/mol. The van der Waals surface area contributed by atoms with Crippen LogP contribution in [0.2, 0.25) is 0 Å². The van der Waals surface area contributed by atoms with Gasteiger partial charge in [0.25, 0.3) is 5.91 Å². The molecule has 4 N–H and O–H groups in total. The predicted molar refractivity (Wildman–Crippen MR) is 78.2 cm³/mol. The van der Waals surface area contributed by atoms with E-state index in [4.69, 9.17) is 5.73 Å². The summed E-state index contributed by atoms with van der Waals surface area (Å²) >= 11 is 0. The molecule has 2 aromatic rings. The maximum absolute atomic E-state index is 12.1. The summed E-state index contributed by atoms with van der Waals surface area (Å²) in [7, 11) is 4.04. The van der Waals surface area contributed by atoms with Crippen LogP contribution in [-0.2, 0) is 0 Å². The van der Waals surface area contributed by atoms with Crippen LogP contribution in [0.1, 0.15) is 16.8 Å². The van der Waals surface area contributed by atoms with Crippen molar-refractivity contribution in [3.8, 4) is 0 Å². The fraction of sp³-hybridized carbons (Fsp3) is 0.357. The lowest BCUT2D eigenvalue weighted by molar-refractivity contribution is 0.0954. The van der Waals surface area contributed by atoms with Crippen LogP contribution in [0.15, 0.2) is 24.4 Å². The van der Waals surface area contributed by atoms with Gasteiger partial charge in [-0.3, -0.25) is 4.79 Å². The van der Waals surface area contributed by atoms with E-state index in [-0.39, 0.29) is 5.91 Å². The normalized spacial score (nSPS) is 11.1. The van der Waals surface area contributed by atoms with E-state index in [9.17, 15) is 4.79 Å². The number of H-pyrrole nitrogens is 1. The third kappa shape index (κ3) is 3.26. The van der Waals surface area contributed by atoms with E-state index in [2.05, 4.69) is 15.2 Å². The van der Waals surface area contributed by atoms with E-state index in [0.29, 0.717) is 17.8 Å². The van der Waals surface area contributed by atoms with Crippen molar-refractivity contribution in [1.82, 2.24) is 15.2 Å². The highest BCUT2D eigenvalue weighted by Crippen LogP contribution is 2.20. The lowest BCUT2D eigenvalue weighted by Crippen LogP contribution is -2.26. The molecule has 0 unspecified atom stereocenters. The van der Waals surface area contributed by atoms with Gasteiger partial charge in [-0.25, -0.2) is 0 Å². The largest absolute Gasteiger partial charge is 0.399 e. The zero-order chi connectivity index (χ0) is 13.8. The highest BCUT2D eigenvalue weighted by atomic mass is 16.1. The molecule has 0 radical (unpaired) electrons. The van der Waals surface area contributed by atoms with Crippen LogP contribution >= 0.6 is 0 Å². The van der Waals surface area contributed by atoms with E-state index < -0.39 is 0 Å². The van der Waals surface area contributed by atoms with Gasteiger partial charge in [0.2, 0.25) is 0 Å². The summed E-state index contributed by atoms with van der Waals surface area (Å²) < 4.78 is 0. The maximum atomic E-state index is 12.1. The molecular formula is C14H20N4O. The summed E-state index contributed by atoms with van der Waals surface area (Å²) in [5.74, 6) is -0.0465. The average Bonchev–Trinajstić information content (AvgIpc) is 2.77. The summed E-state index contributed by atoms with van der Waals surface area (Å²) in [4.78, 5) is 17.2. The van der Waals surface area contributed by atoms with Gasteiger partial charge in [-0.1, -0.05) is 0 Å². The van der Waals surface area contributed by atoms with Gasteiger partial charge in [0.15, 0.2) is 0 Å². The van der Waals surface area contributed by atoms with E-state index in [1.54, 1.807) is 12.3 Å². The van der Waals surface area contributed by atoms with Crippen LogP contribution in [0.3, 0.4) is 0 Å². The van der Waals surface area contributed by atoms with Gasteiger partial charge < -0.3 is 20.9 Å². The number of aromatic nitrogens is 1. The number of fused-ring (bicyclic) bond motifs is 1. The molecule has 1 heterocycles. The second-order valence-corrected chi connectivity index (χ2v) is 4.92. The number of nitrogen functional groups attached to an aromatic ring is 1. The van der Waals surface area contributed by atoms with Gasteiger partial charge in [0, 0.05) is 29.3 Å². The number of nitrogens with two attached hydrogens (primary N) is 1. The van der Waals surface area contributed by atoms with Crippen molar-refractivity contribution in [2.75, 3.05) is 32.9 Å². The van der Waals surface area contributed by atoms with Gasteiger partial charge in [-0.2, -0.15) is 0 Å². The van der Waals surface area contributed by atoms with Crippen molar-refractivity contribution in [2.45, 2.75) is 6.42 Å². The number of rotatable bonds is 5. The number of carbonyl (C=O) groups excluding carboxylic acids is 1. The first-order chi connectivity index (χ1) is 9.08. The Kier molecular flexibility index (Phi) is 4.06. The van der Waals surface area contributed by atoms with Crippen molar-refractivity contribution in [2.24, 2.45) is 0 Å². The topological polar surface area (TPSA) is 74.2 Å². The number of hydrogen-bond acceptors (Lipinski definition) is 3. The average molecular weight is 260 g/mol. The predicted octanol–water partition coefficient (Wildman–Crippen LogP) is 1.43. The Morgan fingerprint density at radius 3 is 2.95 bits per heavy atom. The second kappa shape index (κ2) is 5.75. The Hall–Kier alpha value is -2.01. The summed E-state index contributed by atoms with van der Waals surface area (Å²) in [5, 5.41) is 3.83. The number of benzene rings is 1. The zero-order valence-electron chi connectivity index (χ0n) is 11.4. The summed E-state index contributed by atoms with van der Waals surface area (Å²) in [5.41, 5.74) is 7.95. The minimum absolute atomic E-state index is 0.0465. The molecule has 1 amide bonds. The Balaban J connectivity index is 2.01. The smallest absolute Gasteiger partial charge is 0.253 e. The molecular weight excluding hydrogens is 240 g/mol. The summed E-state index contributed by atoms with van der Waals surface area (Å²) in [6.45, 7) is 1.64. The molecule has 0 saturated heterocycles. The number of aromatic amines is 1. The third-order valence-corrected chi connectivity index (χ3v) is 3.02. The van der Waals surface area contributed by atoms with Crippen molar-refractivity contribution in [1.29, 1.82) is 0 Å². The highest BCUT2D eigenvalue weighted by molar-refractivity contribution is 6.07. The standard InChI is InChI=1S/C14H20N4O/c1-18(2)7-3-6-16-14(19)12-9-17-13-8-10(15)4-5-11(12)13/h4-5,8-9,17H,3,6-7,15H2,1-2H3,(H,16,19). The van der Waals surface area contributed by atoms with E-state index in [1.165, 1.54) is 0 Å². The quantitative estimate of drug-likeness (QED) is 0.562. The highest BCUT2D eigenvalue weighted by Gasteiger charge is 2.11. The van der Waals surface area contributed by atoms with Gasteiger partial charge in [0.1, 0.15) is 0 Å². The van der Waals surface area contributed by atoms with Gasteiger partial charge in [0.05, 0.1) is 5.56 Å². The lowest BCUT2D eigenvalue weighted by Gasteiger charge is -2.09. The molecule has 0 saturated carbocycles. The minimum atomic E-state index is -0.0465. The number of nitrogens with zero attached hydrogens (tertiary/aromatic N) is 1. The zero-order valence-corrected chi connectivity index (χ0v) is 11.4. The Morgan fingerprint density at radius 2 is 2.21 bits per heavy atom. The fourth-order valence-electron chi connectivity index (χ4n) is 2.02. The van der Waals surface area contributed by atoms with Crippen molar-refractivity contribution in [3.63, 3.8) is 0 Å². The first-order valence-electron chi connectivity index (χ1n) is 6.37. The van der Waals surface area contributed by atoms with Gasteiger partial charge in [-0.05, 0) is 45.3 Å². The molecule has 102 valence electrons. The van der Waals surface area contributed by atoms with Gasteiger partial charge in [-0.15, -0.1) is 0 Å². The molecule has 0 bridgehead atoms. The van der Waals surface area contributed by atoms with Crippen LogP contribution in [0.25, 0.3) is 10.9 Å². The Labute approximate surface area is 112 Å². The van der Waals surface area contributed by atoms with Crippen molar-refractivity contribution >= 4 is 22.5 Å². The minimum Gasteiger partial charge on any atom is -0.399 e. The Bertz CT molecular complexity index is 574. The van der Waals surface area contributed by atoms with Crippen molar-refractivity contribution < 1.29 is 4.79 Å². The maximum Gasteiger partial charge on any atom is 0.253 e. The molecule has 0 aliphatic heterocycles. The van der Waals surface area contributed by atoms with Gasteiger partial charge >= 0.3 is 0 Å². The first-order valence-corrected chi connectivity index (χ1v) is 6.37. The number of carbonyl (C=O) groups is 1. The fourth-order valence-corrected chi connectivity index (χ4v) is 2.02. The first kappa shape index (κ1) is 13.4. The SMILES string of the molecule is CN(C)CCCNC(=O)c1c[nH]c2cc(N)ccc12. The van der Waals surface area contributed by atoms with E-state index >= 15 is 0 Å². The van der Waals surface area contributed by atoms with Crippen LogP contribution < -0.4 is 11.1 Å². The molecule has 5 nitrogen and oxygen atoms in total. The molecule has 5 heteroatoms. The molecule has 0 spiro atoms. The van der Waals surface area contributed by atoms with Crippen LogP contribution in [0.5, 0.6) is 0 Å². The second-order valence-electron chi connectivity index (χ2n) is 4.92. The molecule has 0 fully saturated rings. The molecule has 1 aromatic carbocycles. The van der Waals surface area contributed by atoms with Crippen LogP contribution in [-0.4, -0.2) is 43.0 Å². The number of nitrogens with one attached hydrogen (secondary N) is 2. The summed E-state index contributed by atoms with van der Waals surface area (Å²) in [6.07, 6.45) is 2.67. The van der Waals surface area contributed by atoms with Crippen LogP contribution in [0, 0.1) is 0 Å². The lowest BCUT2D eigenvalue weighted by atomic mass is 10.1. The number of amides is 1. The van der Waals surface area contributed by atoms with E-state index in [1.807, 2.05) is 26.2 Å². The number of anilines is 1. The number of hydrogen-bond donors (Lipinski definition) is 3. The van der Waals surface area contributed by atoms with Crippen LogP contribution in [0.4, 0.5) is 5.69 Å². The molecule has 0 atom stereocenters. The molecule has 19 heavy (non-hydrogen) atoms. The van der Waals surface area contributed by atoms with Crippen molar-refractivity contribution in [3.05, 3.63) is 30.0 Å². The molecule has 2 rings (SSSR count). The third-order valence-electron chi connectivity index (χ3n) is 3.02. The van der Waals surface area contributed by atoms with E-state index in [0.717, 1.165) is 23.9 Å². The summed E-state index contributed by atoms with van der Waals surface area (Å²) in [6, 6.07) is 5.51. The molecule has 0 aliphatic carbocycles.